The molecule has 0 unspecified atom stereocenters. The van der Waals surface area contributed by atoms with Crippen LogP contribution in [0.15, 0.2) is 12.1 Å². The minimum Gasteiger partial charge on any atom is -0.392 e. The number of rotatable bonds is 2. The first kappa shape index (κ1) is 11.1. The van der Waals surface area contributed by atoms with E-state index < -0.39 is 0 Å². The Morgan fingerprint density at radius 2 is 2.27 bits per heavy atom. The quantitative estimate of drug-likeness (QED) is 0.811. The van der Waals surface area contributed by atoms with Gasteiger partial charge in [0.2, 0.25) is 0 Å². The molecule has 5 heteroatoms. The fourth-order valence-corrected chi connectivity index (χ4v) is 2.16. The number of hydrogen-bond donors (Lipinski definition) is 1. The molecule has 2 rings (SSSR count). The first-order valence-electron chi connectivity index (χ1n) is 4.86. The van der Waals surface area contributed by atoms with Gasteiger partial charge in [-0.2, -0.15) is 0 Å². The van der Waals surface area contributed by atoms with Crippen molar-refractivity contribution in [1.82, 2.24) is 9.88 Å². The summed E-state index contributed by atoms with van der Waals surface area (Å²) in [6.45, 7) is 2.33. The molecule has 1 aliphatic rings. The molecular weight excluding hydrogens is 235 g/mol. The van der Waals surface area contributed by atoms with Gasteiger partial charge in [-0.15, -0.1) is 0 Å². The van der Waals surface area contributed by atoms with Crippen LogP contribution < -0.4 is 0 Å². The number of β-amino-alcohol motifs (C(OH)–C–C–N with tert-alkyl or cyclic N) is 1. The summed E-state index contributed by atoms with van der Waals surface area (Å²) in [7, 11) is 0. The fourth-order valence-electron chi connectivity index (χ4n) is 1.76. The van der Waals surface area contributed by atoms with E-state index in [0.717, 1.165) is 25.1 Å². The average molecular weight is 247 g/mol. The molecule has 15 heavy (non-hydrogen) atoms. The molecule has 0 amide bonds. The van der Waals surface area contributed by atoms with Crippen molar-refractivity contribution < 1.29 is 5.11 Å². The highest BCUT2D eigenvalue weighted by atomic mass is 35.5. The smallest absolute Gasteiger partial charge is 0.135 e. The number of likely N-dealkylation sites (tertiary alicyclic amines) is 1. The van der Waals surface area contributed by atoms with Crippen LogP contribution in [0, 0.1) is 0 Å². The van der Waals surface area contributed by atoms with Gasteiger partial charge >= 0.3 is 0 Å². The number of pyridine rings is 1. The summed E-state index contributed by atoms with van der Waals surface area (Å²) in [5.74, 6) is 0. The largest absolute Gasteiger partial charge is 0.392 e. The Morgan fingerprint density at radius 3 is 2.87 bits per heavy atom. The molecule has 1 atom stereocenters. The zero-order valence-electron chi connectivity index (χ0n) is 8.16. The first-order valence-corrected chi connectivity index (χ1v) is 5.62. The average Bonchev–Trinajstić information content (AvgIpc) is 2.56. The van der Waals surface area contributed by atoms with E-state index in [0.29, 0.717) is 16.9 Å². The molecule has 1 aromatic rings. The molecule has 1 aliphatic heterocycles. The van der Waals surface area contributed by atoms with Crippen molar-refractivity contribution in [2.75, 3.05) is 13.1 Å². The molecule has 0 radical (unpaired) electrons. The van der Waals surface area contributed by atoms with E-state index in [2.05, 4.69) is 9.88 Å². The number of nitrogens with zero attached hydrogens (tertiary/aromatic N) is 2. The van der Waals surface area contributed by atoms with Gasteiger partial charge in [-0.3, -0.25) is 4.90 Å². The highest BCUT2D eigenvalue weighted by Crippen LogP contribution is 2.20. The van der Waals surface area contributed by atoms with Crippen LogP contribution in [-0.2, 0) is 6.54 Å². The molecule has 2 heterocycles. The summed E-state index contributed by atoms with van der Waals surface area (Å²) < 4.78 is 0. The van der Waals surface area contributed by atoms with Crippen molar-refractivity contribution >= 4 is 23.2 Å². The van der Waals surface area contributed by atoms with E-state index in [1.807, 2.05) is 6.07 Å². The van der Waals surface area contributed by atoms with Gasteiger partial charge in [-0.05, 0) is 12.5 Å². The lowest BCUT2D eigenvalue weighted by molar-refractivity contribution is 0.175. The molecule has 1 N–H and O–H groups in total. The van der Waals surface area contributed by atoms with Crippen molar-refractivity contribution in [3.05, 3.63) is 28.0 Å². The highest BCUT2D eigenvalue weighted by molar-refractivity contribution is 6.32. The number of hydrogen-bond acceptors (Lipinski definition) is 3. The van der Waals surface area contributed by atoms with Crippen molar-refractivity contribution in [2.45, 2.75) is 19.1 Å². The molecule has 1 aromatic heterocycles. The van der Waals surface area contributed by atoms with Crippen LogP contribution in [0.4, 0.5) is 0 Å². The Kier molecular flexibility index (Phi) is 3.46. The number of aromatic nitrogens is 1. The molecule has 1 saturated heterocycles. The van der Waals surface area contributed by atoms with Crippen molar-refractivity contribution in [3.8, 4) is 0 Å². The van der Waals surface area contributed by atoms with E-state index in [4.69, 9.17) is 23.2 Å². The van der Waals surface area contributed by atoms with Crippen LogP contribution in [0.2, 0.25) is 10.3 Å². The Labute approximate surface area is 98.6 Å². The molecule has 0 aromatic carbocycles. The Morgan fingerprint density at radius 1 is 1.47 bits per heavy atom. The van der Waals surface area contributed by atoms with E-state index >= 15 is 0 Å². The fraction of sp³-hybridized carbons (Fsp3) is 0.500. The monoisotopic (exact) mass is 246 g/mol. The van der Waals surface area contributed by atoms with Gasteiger partial charge in [0.25, 0.3) is 0 Å². The summed E-state index contributed by atoms with van der Waals surface area (Å²) in [4.78, 5) is 6.13. The summed E-state index contributed by atoms with van der Waals surface area (Å²) in [6, 6.07) is 3.61. The van der Waals surface area contributed by atoms with E-state index in [9.17, 15) is 5.11 Å². The lowest BCUT2D eigenvalue weighted by Crippen LogP contribution is -2.21. The summed E-state index contributed by atoms with van der Waals surface area (Å²) in [6.07, 6.45) is 0.627. The maximum Gasteiger partial charge on any atom is 0.135 e. The van der Waals surface area contributed by atoms with Gasteiger partial charge in [-0.25, -0.2) is 4.98 Å². The molecule has 3 nitrogen and oxygen atoms in total. The number of halogens is 2. The number of aliphatic hydroxyl groups is 1. The standard InChI is InChI=1S/C10H12Cl2N2O/c11-9-2-1-7(10(12)13-9)5-14-4-3-8(15)6-14/h1-2,8,15H,3-6H2/t8-/m1/s1. The molecule has 0 aliphatic carbocycles. The SMILES string of the molecule is O[C@@H]1CCN(Cc2ccc(Cl)nc2Cl)C1. The van der Waals surface area contributed by atoms with Crippen molar-refractivity contribution in [3.63, 3.8) is 0 Å². The minimum atomic E-state index is -0.205. The zero-order valence-corrected chi connectivity index (χ0v) is 9.67. The van der Waals surface area contributed by atoms with Gasteiger partial charge < -0.3 is 5.11 Å². The lowest BCUT2D eigenvalue weighted by atomic mass is 10.3. The summed E-state index contributed by atoms with van der Waals surface area (Å²) >= 11 is 11.7. The Hall–Kier alpha value is -0.350. The predicted octanol–water partition coefficient (Wildman–Crippen LogP) is 1.96. The van der Waals surface area contributed by atoms with Crippen LogP contribution in [0.1, 0.15) is 12.0 Å². The minimum absolute atomic E-state index is 0.205. The normalized spacial score (nSPS) is 22.2. The second kappa shape index (κ2) is 4.66. The van der Waals surface area contributed by atoms with Crippen LogP contribution in [-0.4, -0.2) is 34.2 Å². The Bertz CT molecular complexity index is 359. The molecule has 0 bridgehead atoms. The molecule has 0 saturated carbocycles. The second-order valence-electron chi connectivity index (χ2n) is 3.76. The van der Waals surface area contributed by atoms with Crippen LogP contribution >= 0.6 is 23.2 Å². The molecule has 0 spiro atoms. The highest BCUT2D eigenvalue weighted by Gasteiger charge is 2.20. The van der Waals surface area contributed by atoms with Crippen LogP contribution in [0.3, 0.4) is 0 Å². The molecular formula is C10H12Cl2N2O. The predicted molar refractivity (Wildman–Crippen MR) is 60.2 cm³/mol. The molecule has 82 valence electrons. The van der Waals surface area contributed by atoms with Crippen LogP contribution in [0.5, 0.6) is 0 Å². The van der Waals surface area contributed by atoms with Crippen LogP contribution in [0.25, 0.3) is 0 Å². The van der Waals surface area contributed by atoms with E-state index in [1.165, 1.54) is 0 Å². The third-order valence-corrected chi connectivity index (χ3v) is 3.07. The van der Waals surface area contributed by atoms with Gasteiger partial charge in [0.1, 0.15) is 10.3 Å². The third kappa shape index (κ3) is 2.82. The summed E-state index contributed by atoms with van der Waals surface area (Å²) in [5.41, 5.74) is 0.954. The lowest BCUT2D eigenvalue weighted by Gasteiger charge is -2.15. The van der Waals surface area contributed by atoms with E-state index in [1.54, 1.807) is 6.07 Å². The van der Waals surface area contributed by atoms with Gasteiger partial charge in [0.05, 0.1) is 6.10 Å². The number of aliphatic hydroxyl groups excluding tert-OH is 1. The van der Waals surface area contributed by atoms with E-state index in [-0.39, 0.29) is 6.10 Å². The Balaban J connectivity index is 2.04. The van der Waals surface area contributed by atoms with Gasteiger partial charge in [0.15, 0.2) is 0 Å². The first-order chi connectivity index (χ1) is 7.15. The maximum absolute atomic E-state index is 9.38. The van der Waals surface area contributed by atoms with Gasteiger partial charge in [-0.1, -0.05) is 29.3 Å². The van der Waals surface area contributed by atoms with Gasteiger partial charge in [0, 0.05) is 25.2 Å². The topological polar surface area (TPSA) is 36.4 Å². The third-order valence-electron chi connectivity index (χ3n) is 2.53. The summed E-state index contributed by atoms with van der Waals surface area (Å²) in [5, 5.41) is 10.2. The van der Waals surface area contributed by atoms with Crippen molar-refractivity contribution in [2.24, 2.45) is 0 Å². The maximum atomic E-state index is 9.38. The van der Waals surface area contributed by atoms with Crippen molar-refractivity contribution in [1.29, 1.82) is 0 Å². The second-order valence-corrected chi connectivity index (χ2v) is 4.51. The zero-order chi connectivity index (χ0) is 10.8. The molecule has 1 fully saturated rings.